The van der Waals surface area contributed by atoms with E-state index < -0.39 is 10.0 Å². The predicted octanol–water partition coefficient (Wildman–Crippen LogP) is 0.703. The molecule has 0 aliphatic heterocycles. The lowest BCUT2D eigenvalue weighted by Crippen LogP contribution is -2.34. The average Bonchev–Trinajstić information content (AvgIpc) is 2.33. The fourth-order valence-corrected chi connectivity index (χ4v) is 2.16. The molecule has 112 valence electrons. The Morgan fingerprint density at radius 1 is 1.40 bits per heavy atom. The molecule has 0 radical (unpaired) electrons. The van der Waals surface area contributed by atoms with Crippen LogP contribution in [0.4, 0.5) is 0 Å². The minimum atomic E-state index is -3.66. The second-order valence-electron chi connectivity index (χ2n) is 5.11. The Morgan fingerprint density at radius 3 is 2.55 bits per heavy atom. The van der Waals surface area contributed by atoms with Crippen LogP contribution in [0.15, 0.2) is 28.1 Å². The van der Waals surface area contributed by atoms with Gasteiger partial charge in [-0.1, -0.05) is 19.9 Å². The molecule has 0 saturated carbocycles. The lowest BCUT2D eigenvalue weighted by Gasteiger charge is -2.09. The van der Waals surface area contributed by atoms with E-state index in [1.54, 1.807) is 6.07 Å². The summed E-state index contributed by atoms with van der Waals surface area (Å²) in [5.41, 5.74) is 7.47. The van der Waals surface area contributed by atoms with Gasteiger partial charge in [-0.05, 0) is 36.1 Å². The number of rotatable bonds is 5. The first-order valence-corrected chi connectivity index (χ1v) is 7.91. The van der Waals surface area contributed by atoms with E-state index in [0.29, 0.717) is 18.4 Å². The largest absolute Gasteiger partial charge is 0.370 e. The second kappa shape index (κ2) is 6.71. The van der Waals surface area contributed by atoms with Crippen molar-refractivity contribution in [1.29, 1.82) is 0 Å². The van der Waals surface area contributed by atoms with Crippen LogP contribution in [0.1, 0.15) is 25.0 Å². The Morgan fingerprint density at radius 2 is 2.05 bits per heavy atom. The number of sulfonamides is 1. The third-order valence-corrected chi connectivity index (χ3v) is 3.66. The van der Waals surface area contributed by atoms with Crippen LogP contribution in [0.2, 0.25) is 0 Å². The van der Waals surface area contributed by atoms with Gasteiger partial charge in [-0.3, -0.25) is 0 Å². The highest BCUT2D eigenvalue weighted by molar-refractivity contribution is 7.89. The van der Waals surface area contributed by atoms with E-state index in [2.05, 4.69) is 24.2 Å². The maximum Gasteiger partial charge on any atom is 0.238 e. The topological polar surface area (TPSA) is 111 Å². The Kier molecular flexibility index (Phi) is 5.52. The summed E-state index contributed by atoms with van der Waals surface area (Å²) >= 11 is 0. The monoisotopic (exact) mass is 298 g/mol. The van der Waals surface area contributed by atoms with Gasteiger partial charge in [-0.2, -0.15) is 0 Å². The number of aryl methyl sites for hydroxylation is 1. The normalized spacial score (nSPS) is 12.8. The van der Waals surface area contributed by atoms with Crippen molar-refractivity contribution in [2.45, 2.75) is 32.2 Å². The van der Waals surface area contributed by atoms with Gasteiger partial charge >= 0.3 is 0 Å². The molecule has 0 aromatic heterocycles. The minimum Gasteiger partial charge on any atom is -0.370 e. The molecule has 7 heteroatoms. The smallest absolute Gasteiger partial charge is 0.238 e. The SMILES string of the molecule is Cc1cc(S(N)(=O)=O)ccc1CN=C(N)NCC(C)C. The molecule has 20 heavy (non-hydrogen) atoms. The second-order valence-corrected chi connectivity index (χ2v) is 6.67. The third-order valence-electron chi connectivity index (χ3n) is 2.75. The van der Waals surface area contributed by atoms with E-state index in [1.165, 1.54) is 12.1 Å². The van der Waals surface area contributed by atoms with Gasteiger partial charge in [0.15, 0.2) is 5.96 Å². The molecule has 0 aliphatic rings. The first-order chi connectivity index (χ1) is 9.20. The molecular formula is C13H22N4O2S. The van der Waals surface area contributed by atoms with E-state index in [-0.39, 0.29) is 4.90 Å². The van der Waals surface area contributed by atoms with Gasteiger partial charge in [0, 0.05) is 6.54 Å². The number of nitrogens with one attached hydrogen (secondary N) is 1. The molecule has 1 aromatic carbocycles. The van der Waals surface area contributed by atoms with Crippen molar-refractivity contribution in [3.05, 3.63) is 29.3 Å². The lowest BCUT2D eigenvalue weighted by atomic mass is 10.1. The molecule has 0 atom stereocenters. The maximum absolute atomic E-state index is 11.2. The Balaban J connectivity index is 2.77. The molecule has 0 fully saturated rings. The van der Waals surface area contributed by atoms with Crippen LogP contribution >= 0.6 is 0 Å². The van der Waals surface area contributed by atoms with E-state index >= 15 is 0 Å². The summed E-state index contributed by atoms with van der Waals surface area (Å²) in [4.78, 5) is 4.33. The molecule has 0 amide bonds. The summed E-state index contributed by atoms with van der Waals surface area (Å²) < 4.78 is 22.5. The highest BCUT2D eigenvalue weighted by Crippen LogP contribution is 2.15. The molecule has 0 bridgehead atoms. The minimum absolute atomic E-state index is 0.105. The lowest BCUT2D eigenvalue weighted by molar-refractivity contribution is 0.597. The molecule has 0 heterocycles. The highest BCUT2D eigenvalue weighted by Gasteiger charge is 2.09. The fraction of sp³-hybridized carbons (Fsp3) is 0.462. The Labute approximate surface area is 120 Å². The number of nitrogens with zero attached hydrogens (tertiary/aromatic N) is 1. The molecule has 0 aliphatic carbocycles. The van der Waals surface area contributed by atoms with Crippen LogP contribution in [-0.4, -0.2) is 20.9 Å². The van der Waals surface area contributed by atoms with Crippen molar-refractivity contribution < 1.29 is 8.42 Å². The zero-order chi connectivity index (χ0) is 15.3. The summed E-state index contributed by atoms with van der Waals surface area (Å²) in [6.07, 6.45) is 0. The van der Waals surface area contributed by atoms with Gasteiger partial charge in [0.1, 0.15) is 0 Å². The average molecular weight is 298 g/mol. The number of hydrogen-bond donors (Lipinski definition) is 3. The van der Waals surface area contributed by atoms with E-state index in [0.717, 1.165) is 17.7 Å². The maximum atomic E-state index is 11.2. The number of nitrogens with two attached hydrogens (primary N) is 2. The molecule has 1 aromatic rings. The zero-order valence-electron chi connectivity index (χ0n) is 12.1. The fourth-order valence-electron chi connectivity index (χ4n) is 1.56. The van der Waals surface area contributed by atoms with E-state index in [1.807, 2.05) is 6.92 Å². The van der Waals surface area contributed by atoms with E-state index in [9.17, 15) is 8.42 Å². The van der Waals surface area contributed by atoms with Crippen molar-refractivity contribution in [1.82, 2.24) is 5.32 Å². The van der Waals surface area contributed by atoms with Crippen molar-refractivity contribution in [3.63, 3.8) is 0 Å². The molecule has 6 nitrogen and oxygen atoms in total. The highest BCUT2D eigenvalue weighted by atomic mass is 32.2. The number of hydrogen-bond acceptors (Lipinski definition) is 3. The van der Waals surface area contributed by atoms with Crippen LogP contribution in [0.3, 0.4) is 0 Å². The molecule has 0 saturated heterocycles. The quantitative estimate of drug-likeness (QED) is 0.549. The van der Waals surface area contributed by atoms with Crippen molar-refractivity contribution in [3.8, 4) is 0 Å². The van der Waals surface area contributed by atoms with Gasteiger partial charge in [-0.15, -0.1) is 0 Å². The van der Waals surface area contributed by atoms with Gasteiger partial charge in [0.2, 0.25) is 10.0 Å². The number of primary sulfonamides is 1. The van der Waals surface area contributed by atoms with Crippen LogP contribution < -0.4 is 16.2 Å². The van der Waals surface area contributed by atoms with E-state index in [4.69, 9.17) is 10.9 Å². The molecule has 0 spiro atoms. The number of benzene rings is 1. The molecule has 0 unspecified atom stereocenters. The Bertz CT molecular complexity index is 594. The predicted molar refractivity (Wildman–Crippen MR) is 80.7 cm³/mol. The van der Waals surface area contributed by atoms with Gasteiger partial charge in [0.05, 0.1) is 11.4 Å². The summed E-state index contributed by atoms with van der Waals surface area (Å²) in [6, 6.07) is 4.72. The summed E-state index contributed by atoms with van der Waals surface area (Å²) in [7, 11) is -3.66. The summed E-state index contributed by atoms with van der Waals surface area (Å²) in [5, 5.41) is 8.10. The van der Waals surface area contributed by atoms with Gasteiger partial charge < -0.3 is 11.1 Å². The van der Waals surface area contributed by atoms with Crippen molar-refractivity contribution >= 4 is 16.0 Å². The summed E-state index contributed by atoms with van der Waals surface area (Å²) in [5.74, 6) is 0.869. The third kappa shape index (κ3) is 5.18. The molecule has 1 rings (SSSR count). The van der Waals surface area contributed by atoms with Crippen LogP contribution in [0, 0.1) is 12.8 Å². The van der Waals surface area contributed by atoms with Crippen molar-refractivity contribution in [2.24, 2.45) is 21.8 Å². The standard InChI is InChI=1S/C13H22N4O2S/c1-9(2)7-16-13(14)17-8-11-4-5-12(6-10(11)3)20(15,18)19/h4-6,9H,7-8H2,1-3H3,(H3,14,16,17)(H2,15,18,19). The summed E-state index contributed by atoms with van der Waals surface area (Å²) in [6.45, 7) is 7.14. The number of guanidine groups is 1. The molecule has 5 N–H and O–H groups in total. The van der Waals surface area contributed by atoms with Gasteiger partial charge in [0.25, 0.3) is 0 Å². The van der Waals surface area contributed by atoms with Crippen LogP contribution in [-0.2, 0) is 16.6 Å². The molecular weight excluding hydrogens is 276 g/mol. The van der Waals surface area contributed by atoms with Crippen LogP contribution in [0.25, 0.3) is 0 Å². The zero-order valence-corrected chi connectivity index (χ0v) is 12.9. The number of aliphatic imine (C=N–C) groups is 1. The first kappa shape index (κ1) is 16.5. The van der Waals surface area contributed by atoms with Crippen LogP contribution in [0.5, 0.6) is 0 Å². The first-order valence-electron chi connectivity index (χ1n) is 6.36. The van der Waals surface area contributed by atoms with Crippen molar-refractivity contribution in [2.75, 3.05) is 6.54 Å². The Hall–Kier alpha value is -1.60. The van der Waals surface area contributed by atoms with Gasteiger partial charge in [-0.25, -0.2) is 18.5 Å².